The average Bonchev–Trinajstić information content (AvgIpc) is 2.43. The van der Waals surface area contributed by atoms with E-state index in [4.69, 9.17) is 11.0 Å². The van der Waals surface area contributed by atoms with Crippen molar-refractivity contribution in [1.29, 1.82) is 5.26 Å². The fourth-order valence-corrected chi connectivity index (χ4v) is 1.63. The van der Waals surface area contributed by atoms with Crippen LogP contribution in [0.5, 0.6) is 0 Å². The van der Waals surface area contributed by atoms with Gasteiger partial charge in [-0.1, -0.05) is 0 Å². The Morgan fingerprint density at radius 3 is 2.94 bits per heavy atom. The summed E-state index contributed by atoms with van der Waals surface area (Å²) in [5, 5.41) is 8.80. The molecule has 0 aliphatic heterocycles. The number of nitrogens with zero attached hydrogens (tertiary/aromatic N) is 3. The maximum atomic E-state index is 12.2. The van der Waals surface area contributed by atoms with Gasteiger partial charge in [-0.2, -0.15) is 5.26 Å². The Morgan fingerprint density at radius 2 is 2.39 bits per heavy atom. The highest BCUT2D eigenvalue weighted by molar-refractivity contribution is 5.94. The largest absolute Gasteiger partial charge is 0.338 e. The zero-order chi connectivity index (χ0) is 13.5. The molecule has 96 valence electrons. The first-order valence-electron chi connectivity index (χ1n) is 5.96. The van der Waals surface area contributed by atoms with Crippen molar-refractivity contribution in [2.75, 3.05) is 13.1 Å². The van der Waals surface area contributed by atoms with E-state index in [1.165, 1.54) is 0 Å². The van der Waals surface area contributed by atoms with Crippen molar-refractivity contribution in [2.24, 2.45) is 11.7 Å². The summed E-state index contributed by atoms with van der Waals surface area (Å²) < 4.78 is 0. The molecule has 1 aromatic heterocycles. The number of nitriles is 1. The second kappa shape index (κ2) is 6.72. The predicted octanol–water partition coefficient (Wildman–Crippen LogP) is 1.16. The van der Waals surface area contributed by atoms with E-state index in [2.05, 4.69) is 11.1 Å². The van der Waals surface area contributed by atoms with Crippen LogP contribution in [0.3, 0.4) is 0 Å². The van der Waals surface area contributed by atoms with E-state index in [9.17, 15) is 4.79 Å². The maximum Gasteiger partial charge on any atom is 0.254 e. The van der Waals surface area contributed by atoms with Crippen molar-refractivity contribution in [1.82, 2.24) is 9.88 Å². The molecule has 0 aliphatic carbocycles. The Bertz CT molecular complexity index is 453. The van der Waals surface area contributed by atoms with Gasteiger partial charge < -0.3 is 10.6 Å². The molecule has 0 bridgehead atoms. The number of hydrogen-bond donors (Lipinski definition) is 1. The summed E-state index contributed by atoms with van der Waals surface area (Å²) in [4.78, 5) is 18.0. The molecule has 1 aromatic rings. The van der Waals surface area contributed by atoms with Gasteiger partial charge in [-0.3, -0.25) is 9.78 Å². The van der Waals surface area contributed by atoms with E-state index in [1.807, 2.05) is 6.92 Å². The molecule has 1 unspecified atom stereocenters. The Kier molecular flexibility index (Phi) is 5.28. The molecule has 18 heavy (non-hydrogen) atoms. The van der Waals surface area contributed by atoms with Gasteiger partial charge in [-0.15, -0.1) is 0 Å². The van der Waals surface area contributed by atoms with E-state index in [0.29, 0.717) is 30.9 Å². The Morgan fingerprint density at radius 1 is 1.67 bits per heavy atom. The zero-order valence-electron chi connectivity index (χ0n) is 10.8. The molecule has 5 heteroatoms. The van der Waals surface area contributed by atoms with Crippen molar-refractivity contribution in [3.05, 3.63) is 29.6 Å². The van der Waals surface area contributed by atoms with Crippen LogP contribution in [-0.2, 0) is 6.54 Å². The number of pyridine rings is 1. The summed E-state index contributed by atoms with van der Waals surface area (Å²) in [6.45, 7) is 5.01. The Balaban J connectivity index is 2.86. The topological polar surface area (TPSA) is 83.0 Å². The molecular formula is C13H18N4O. The minimum Gasteiger partial charge on any atom is -0.338 e. The molecule has 0 radical (unpaired) electrons. The van der Waals surface area contributed by atoms with Crippen LogP contribution in [0.25, 0.3) is 0 Å². The third kappa shape index (κ3) is 3.54. The van der Waals surface area contributed by atoms with Gasteiger partial charge in [0.15, 0.2) is 0 Å². The van der Waals surface area contributed by atoms with Gasteiger partial charge in [0, 0.05) is 31.4 Å². The molecule has 1 atom stereocenters. The second-order valence-electron chi connectivity index (χ2n) is 4.11. The number of carbonyl (C=O) groups excluding carboxylic acids is 1. The maximum absolute atomic E-state index is 12.2. The van der Waals surface area contributed by atoms with Crippen molar-refractivity contribution < 1.29 is 4.79 Å². The van der Waals surface area contributed by atoms with Crippen LogP contribution in [0.2, 0.25) is 0 Å². The molecular weight excluding hydrogens is 228 g/mol. The van der Waals surface area contributed by atoms with Gasteiger partial charge in [0.1, 0.15) is 0 Å². The van der Waals surface area contributed by atoms with Crippen LogP contribution in [0.4, 0.5) is 0 Å². The van der Waals surface area contributed by atoms with E-state index in [-0.39, 0.29) is 11.8 Å². The molecule has 0 aliphatic rings. The molecule has 1 heterocycles. The van der Waals surface area contributed by atoms with E-state index < -0.39 is 0 Å². The lowest BCUT2D eigenvalue weighted by Gasteiger charge is -2.22. The second-order valence-corrected chi connectivity index (χ2v) is 4.11. The molecule has 0 fully saturated rings. The summed E-state index contributed by atoms with van der Waals surface area (Å²) in [7, 11) is 0. The molecule has 0 spiro atoms. The number of carbonyl (C=O) groups is 1. The summed E-state index contributed by atoms with van der Waals surface area (Å²) >= 11 is 0. The molecule has 0 aromatic carbocycles. The van der Waals surface area contributed by atoms with E-state index in [1.54, 1.807) is 30.2 Å². The third-order valence-corrected chi connectivity index (χ3v) is 2.66. The van der Waals surface area contributed by atoms with Crippen LogP contribution >= 0.6 is 0 Å². The quantitative estimate of drug-likeness (QED) is 0.845. The summed E-state index contributed by atoms with van der Waals surface area (Å²) in [5.74, 6) is -0.263. The zero-order valence-corrected chi connectivity index (χ0v) is 10.8. The van der Waals surface area contributed by atoms with Gasteiger partial charge in [-0.25, -0.2) is 0 Å². The first kappa shape index (κ1) is 14.1. The van der Waals surface area contributed by atoms with Crippen LogP contribution in [0, 0.1) is 17.2 Å². The highest BCUT2D eigenvalue weighted by Crippen LogP contribution is 2.08. The first-order chi connectivity index (χ1) is 8.62. The highest BCUT2D eigenvalue weighted by atomic mass is 16.2. The lowest BCUT2D eigenvalue weighted by molar-refractivity contribution is 0.0752. The SMILES string of the molecule is CCN(CC(C)C#N)C(=O)c1ccnc(CN)c1. The summed E-state index contributed by atoms with van der Waals surface area (Å²) in [6, 6.07) is 5.50. The number of aromatic nitrogens is 1. The van der Waals surface area contributed by atoms with Crippen molar-refractivity contribution in [3.63, 3.8) is 0 Å². The van der Waals surface area contributed by atoms with Crippen molar-refractivity contribution >= 4 is 5.91 Å². The lowest BCUT2D eigenvalue weighted by atomic mass is 10.1. The fourth-order valence-electron chi connectivity index (χ4n) is 1.63. The van der Waals surface area contributed by atoms with E-state index >= 15 is 0 Å². The molecule has 1 amide bonds. The number of nitrogens with two attached hydrogens (primary N) is 1. The van der Waals surface area contributed by atoms with E-state index in [0.717, 1.165) is 0 Å². The minimum atomic E-state index is -0.176. The molecule has 0 saturated heterocycles. The third-order valence-electron chi connectivity index (χ3n) is 2.66. The van der Waals surface area contributed by atoms with Gasteiger partial charge >= 0.3 is 0 Å². The van der Waals surface area contributed by atoms with Gasteiger partial charge in [0.2, 0.25) is 0 Å². The molecule has 2 N–H and O–H groups in total. The highest BCUT2D eigenvalue weighted by Gasteiger charge is 2.16. The van der Waals surface area contributed by atoms with Crippen LogP contribution in [0.1, 0.15) is 29.9 Å². The Labute approximate surface area is 107 Å². The number of rotatable bonds is 5. The molecule has 1 rings (SSSR count). The monoisotopic (exact) mass is 246 g/mol. The first-order valence-corrected chi connectivity index (χ1v) is 5.96. The van der Waals surface area contributed by atoms with Crippen LogP contribution < -0.4 is 5.73 Å². The lowest BCUT2D eigenvalue weighted by Crippen LogP contribution is -2.34. The van der Waals surface area contributed by atoms with Gasteiger partial charge in [-0.05, 0) is 26.0 Å². The fraction of sp³-hybridized carbons (Fsp3) is 0.462. The Hall–Kier alpha value is -1.93. The normalized spacial score (nSPS) is 11.7. The van der Waals surface area contributed by atoms with Crippen LogP contribution in [0.15, 0.2) is 18.3 Å². The van der Waals surface area contributed by atoms with Crippen LogP contribution in [-0.4, -0.2) is 28.9 Å². The molecule has 5 nitrogen and oxygen atoms in total. The standard InChI is InChI=1S/C13H18N4O/c1-3-17(9-10(2)7-14)13(18)11-4-5-16-12(6-11)8-15/h4-6,10H,3,8-9,15H2,1-2H3. The minimum absolute atomic E-state index is 0.0864. The predicted molar refractivity (Wildman–Crippen MR) is 68.5 cm³/mol. The number of hydrogen-bond acceptors (Lipinski definition) is 4. The summed E-state index contributed by atoms with van der Waals surface area (Å²) in [5.41, 5.74) is 6.75. The molecule has 0 saturated carbocycles. The van der Waals surface area contributed by atoms with Crippen molar-refractivity contribution in [3.8, 4) is 6.07 Å². The number of amides is 1. The smallest absolute Gasteiger partial charge is 0.254 e. The summed E-state index contributed by atoms with van der Waals surface area (Å²) in [6.07, 6.45) is 1.58. The average molecular weight is 246 g/mol. The van der Waals surface area contributed by atoms with Gasteiger partial charge in [0.05, 0.1) is 17.7 Å². The van der Waals surface area contributed by atoms with Crippen molar-refractivity contribution in [2.45, 2.75) is 20.4 Å². The van der Waals surface area contributed by atoms with Gasteiger partial charge in [0.25, 0.3) is 5.91 Å².